The van der Waals surface area contributed by atoms with E-state index in [0.717, 1.165) is 0 Å². The fourth-order valence-corrected chi connectivity index (χ4v) is 3.94. The van der Waals surface area contributed by atoms with Gasteiger partial charge in [0.15, 0.2) is 0 Å². The third-order valence-corrected chi connectivity index (χ3v) is 4.80. The molecule has 1 rings (SSSR count). The highest BCUT2D eigenvalue weighted by atomic mass is 32.2. The van der Waals surface area contributed by atoms with Gasteiger partial charge in [-0.25, -0.2) is 8.42 Å². The molecule has 0 unspecified atom stereocenters. The molecular formula is C15H23N3O2S. The van der Waals surface area contributed by atoms with Crippen LogP contribution in [0.1, 0.15) is 33.3 Å². The van der Waals surface area contributed by atoms with E-state index < -0.39 is 10.0 Å². The van der Waals surface area contributed by atoms with Gasteiger partial charge in [0.1, 0.15) is 4.90 Å². The molecule has 0 spiro atoms. The minimum Gasteiger partial charge on any atom is -0.398 e. The summed E-state index contributed by atoms with van der Waals surface area (Å²) in [6, 6.07) is 6.24. The van der Waals surface area contributed by atoms with E-state index in [1.165, 1.54) is 22.5 Å². The van der Waals surface area contributed by atoms with Crippen LogP contribution >= 0.6 is 0 Å². The Balaban J connectivity index is 3.25. The van der Waals surface area contributed by atoms with E-state index in [9.17, 15) is 8.42 Å². The zero-order valence-electron chi connectivity index (χ0n) is 13.0. The highest BCUT2D eigenvalue weighted by Gasteiger charge is 2.27. The molecule has 0 amide bonds. The summed E-state index contributed by atoms with van der Waals surface area (Å²) in [6.07, 6.45) is 0. The van der Waals surface area contributed by atoms with E-state index in [2.05, 4.69) is 0 Å². The van der Waals surface area contributed by atoms with Crippen molar-refractivity contribution in [2.45, 2.75) is 32.6 Å². The van der Waals surface area contributed by atoms with Crippen LogP contribution in [0.5, 0.6) is 0 Å². The Morgan fingerprint density at radius 2 is 1.71 bits per heavy atom. The van der Waals surface area contributed by atoms with Gasteiger partial charge in [-0.15, -0.1) is 0 Å². The van der Waals surface area contributed by atoms with Crippen molar-refractivity contribution in [3.05, 3.63) is 23.8 Å². The third kappa shape index (κ3) is 4.45. The van der Waals surface area contributed by atoms with Crippen molar-refractivity contribution in [3.63, 3.8) is 0 Å². The molecule has 0 fully saturated rings. The highest BCUT2D eigenvalue weighted by Crippen LogP contribution is 2.25. The van der Waals surface area contributed by atoms with Crippen molar-refractivity contribution in [2.24, 2.45) is 11.8 Å². The van der Waals surface area contributed by atoms with Gasteiger partial charge < -0.3 is 5.73 Å². The number of sulfonamides is 1. The van der Waals surface area contributed by atoms with Gasteiger partial charge in [-0.05, 0) is 30.0 Å². The van der Waals surface area contributed by atoms with Crippen LogP contribution in [-0.4, -0.2) is 25.8 Å². The van der Waals surface area contributed by atoms with Gasteiger partial charge in [-0.3, -0.25) is 0 Å². The molecule has 21 heavy (non-hydrogen) atoms. The molecule has 2 N–H and O–H groups in total. The smallest absolute Gasteiger partial charge is 0.245 e. The van der Waals surface area contributed by atoms with E-state index in [1.54, 1.807) is 0 Å². The summed E-state index contributed by atoms with van der Waals surface area (Å²) in [6.45, 7) is 8.80. The number of anilines is 1. The molecule has 0 aromatic heterocycles. The van der Waals surface area contributed by atoms with Gasteiger partial charge >= 0.3 is 0 Å². The number of nitrogen functional groups attached to an aromatic ring is 1. The normalized spacial score (nSPS) is 12.1. The molecule has 0 aliphatic rings. The maximum Gasteiger partial charge on any atom is 0.245 e. The SMILES string of the molecule is CC(C)CN(CC(C)C)S(=O)(=O)c1ccc(C#N)cc1N. The molecule has 0 heterocycles. The summed E-state index contributed by atoms with van der Waals surface area (Å²) in [5.74, 6) is 0.441. The number of nitriles is 1. The van der Waals surface area contributed by atoms with Crippen LogP contribution in [0.15, 0.2) is 23.1 Å². The molecule has 0 saturated carbocycles. The Labute approximate surface area is 127 Å². The maximum absolute atomic E-state index is 12.8. The summed E-state index contributed by atoms with van der Waals surface area (Å²) >= 11 is 0. The fourth-order valence-electron chi connectivity index (χ4n) is 2.08. The third-order valence-electron chi connectivity index (χ3n) is 2.89. The van der Waals surface area contributed by atoms with Crippen LogP contribution in [0, 0.1) is 23.2 Å². The van der Waals surface area contributed by atoms with Crippen LogP contribution in [0.25, 0.3) is 0 Å². The predicted molar refractivity (Wildman–Crippen MR) is 84.0 cm³/mol. The molecule has 0 aliphatic heterocycles. The number of hydrogen-bond acceptors (Lipinski definition) is 4. The monoisotopic (exact) mass is 309 g/mol. The van der Waals surface area contributed by atoms with Crippen LogP contribution in [0.2, 0.25) is 0 Å². The van der Waals surface area contributed by atoms with Gasteiger partial charge in [-0.1, -0.05) is 27.7 Å². The summed E-state index contributed by atoms with van der Waals surface area (Å²) in [7, 11) is -3.65. The zero-order chi connectivity index (χ0) is 16.2. The number of nitrogens with two attached hydrogens (primary N) is 1. The molecule has 5 nitrogen and oxygen atoms in total. The Morgan fingerprint density at radius 3 is 2.10 bits per heavy atom. The molecule has 0 aliphatic carbocycles. The Hall–Kier alpha value is -1.58. The second kappa shape index (κ2) is 6.92. The fraction of sp³-hybridized carbons (Fsp3) is 0.533. The standard InChI is InChI=1S/C15H23N3O2S/c1-11(2)9-18(10-12(3)4)21(19,20)15-6-5-13(8-16)7-14(15)17/h5-7,11-12H,9-10,17H2,1-4H3. The van der Waals surface area contributed by atoms with Crippen LogP contribution in [0.3, 0.4) is 0 Å². The minimum atomic E-state index is -3.65. The molecule has 1 aromatic rings. The lowest BCUT2D eigenvalue weighted by Crippen LogP contribution is -2.37. The lowest BCUT2D eigenvalue weighted by atomic mass is 10.2. The molecule has 6 heteroatoms. The Morgan fingerprint density at radius 1 is 1.19 bits per heavy atom. The highest BCUT2D eigenvalue weighted by molar-refractivity contribution is 7.89. The van der Waals surface area contributed by atoms with Crippen molar-refractivity contribution in [1.29, 1.82) is 5.26 Å². The summed E-state index contributed by atoms with van der Waals surface area (Å²) in [5.41, 5.74) is 6.30. The molecule has 1 aromatic carbocycles. The molecular weight excluding hydrogens is 286 g/mol. The topological polar surface area (TPSA) is 87.2 Å². The quantitative estimate of drug-likeness (QED) is 0.818. The summed E-state index contributed by atoms with van der Waals surface area (Å²) in [5, 5.41) is 8.84. The molecule has 0 bridgehead atoms. The first kappa shape index (κ1) is 17.5. The van der Waals surface area contributed by atoms with Crippen molar-refractivity contribution in [3.8, 4) is 6.07 Å². The summed E-state index contributed by atoms with van der Waals surface area (Å²) in [4.78, 5) is 0.0720. The molecule has 116 valence electrons. The average molecular weight is 309 g/mol. The van der Waals surface area contributed by atoms with Crippen molar-refractivity contribution in [2.75, 3.05) is 18.8 Å². The van der Waals surface area contributed by atoms with Crippen LogP contribution < -0.4 is 5.73 Å². The van der Waals surface area contributed by atoms with Crippen molar-refractivity contribution >= 4 is 15.7 Å². The van der Waals surface area contributed by atoms with Crippen molar-refractivity contribution < 1.29 is 8.42 Å². The van der Waals surface area contributed by atoms with Gasteiger partial charge in [0, 0.05) is 13.1 Å². The van der Waals surface area contributed by atoms with E-state index >= 15 is 0 Å². The largest absolute Gasteiger partial charge is 0.398 e. The first-order chi connectivity index (χ1) is 9.68. The first-order valence-corrected chi connectivity index (χ1v) is 8.42. The number of hydrogen-bond donors (Lipinski definition) is 1. The van der Waals surface area contributed by atoms with E-state index in [-0.39, 0.29) is 22.4 Å². The minimum absolute atomic E-state index is 0.0720. The predicted octanol–water partition coefficient (Wildman–Crippen LogP) is 2.44. The lowest BCUT2D eigenvalue weighted by Gasteiger charge is -2.26. The van der Waals surface area contributed by atoms with Crippen molar-refractivity contribution in [1.82, 2.24) is 4.31 Å². The van der Waals surface area contributed by atoms with Gasteiger partial charge in [-0.2, -0.15) is 9.57 Å². The van der Waals surface area contributed by atoms with Gasteiger partial charge in [0.25, 0.3) is 0 Å². The van der Waals surface area contributed by atoms with E-state index in [0.29, 0.717) is 18.7 Å². The Bertz CT molecular complexity index is 621. The van der Waals surface area contributed by atoms with Crippen LogP contribution in [0.4, 0.5) is 5.69 Å². The average Bonchev–Trinajstić information content (AvgIpc) is 2.36. The molecule has 0 saturated heterocycles. The molecule has 0 radical (unpaired) electrons. The second-order valence-electron chi connectivity index (χ2n) is 5.97. The first-order valence-electron chi connectivity index (χ1n) is 6.98. The van der Waals surface area contributed by atoms with Gasteiger partial charge in [0.05, 0.1) is 17.3 Å². The lowest BCUT2D eigenvalue weighted by molar-refractivity contribution is 0.333. The Kier molecular flexibility index (Phi) is 5.76. The second-order valence-corrected chi connectivity index (χ2v) is 7.88. The number of nitrogens with zero attached hydrogens (tertiary/aromatic N) is 2. The van der Waals surface area contributed by atoms with Crippen LogP contribution in [-0.2, 0) is 10.0 Å². The maximum atomic E-state index is 12.8. The number of rotatable bonds is 6. The van der Waals surface area contributed by atoms with Gasteiger partial charge in [0.2, 0.25) is 10.0 Å². The number of benzene rings is 1. The zero-order valence-corrected chi connectivity index (χ0v) is 13.8. The van der Waals surface area contributed by atoms with E-state index in [4.69, 9.17) is 11.0 Å². The van der Waals surface area contributed by atoms with E-state index in [1.807, 2.05) is 33.8 Å². The summed E-state index contributed by atoms with van der Waals surface area (Å²) < 4.78 is 27.0. The molecule has 0 atom stereocenters.